The Morgan fingerprint density at radius 3 is 2.68 bits per heavy atom. The van der Waals surface area contributed by atoms with E-state index in [1.165, 1.54) is 12.1 Å². The number of nitrogens with zero attached hydrogens (tertiary/aromatic N) is 1. The molecule has 0 bridgehead atoms. The van der Waals surface area contributed by atoms with Gasteiger partial charge in [-0.3, -0.25) is 20.7 Å². The van der Waals surface area contributed by atoms with Crippen molar-refractivity contribution >= 4 is 17.5 Å². The van der Waals surface area contributed by atoms with E-state index >= 15 is 0 Å². The lowest BCUT2D eigenvalue weighted by Crippen LogP contribution is -2.75. The van der Waals surface area contributed by atoms with E-state index in [4.69, 9.17) is 15.3 Å². The molecule has 0 aliphatic rings. The van der Waals surface area contributed by atoms with Gasteiger partial charge in [-0.1, -0.05) is 29.4 Å². The Morgan fingerprint density at radius 1 is 1.28 bits per heavy atom. The first-order valence-corrected chi connectivity index (χ1v) is 7.37. The highest BCUT2D eigenvalue weighted by atomic mass is 16.7. The molecule has 0 radical (unpaired) electrons. The summed E-state index contributed by atoms with van der Waals surface area (Å²) in [4.78, 5) is 27.3. The fourth-order valence-electron chi connectivity index (χ4n) is 2.19. The Morgan fingerprint density at radius 2 is 2.00 bits per heavy atom. The molecule has 0 heterocycles. The summed E-state index contributed by atoms with van der Waals surface area (Å²) < 4.78 is 5.22. The van der Waals surface area contributed by atoms with Crippen LogP contribution in [0.25, 0.3) is 0 Å². The SMILES string of the molecule is COc1ccccc1CC(N)=[NH+]OC(=O)c1ccc(C)c([N+](=O)[O-])c1. The fraction of sp³-hybridized carbons (Fsp3) is 0.176. The monoisotopic (exact) mass is 344 g/mol. The molecule has 0 aliphatic carbocycles. The molecule has 0 spiro atoms. The van der Waals surface area contributed by atoms with Crippen LogP contribution in [0.5, 0.6) is 5.75 Å². The van der Waals surface area contributed by atoms with Crippen LogP contribution in [-0.4, -0.2) is 23.8 Å². The van der Waals surface area contributed by atoms with E-state index < -0.39 is 10.9 Å². The highest BCUT2D eigenvalue weighted by molar-refractivity contribution is 5.90. The number of amidine groups is 1. The molecular weight excluding hydrogens is 326 g/mol. The molecule has 25 heavy (non-hydrogen) atoms. The lowest BCUT2D eigenvalue weighted by molar-refractivity contribution is -0.722. The molecule has 8 heteroatoms. The van der Waals surface area contributed by atoms with Gasteiger partial charge in [-0.05, 0) is 19.1 Å². The summed E-state index contributed by atoms with van der Waals surface area (Å²) in [5.41, 5.74) is 6.99. The Labute approximate surface area is 144 Å². The largest absolute Gasteiger partial charge is 0.496 e. The molecule has 130 valence electrons. The molecule has 0 unspecified atom stereocenters. The second-order valence-electron chi connectivity index (χ2n) is 5.26. The third kappa shape index (κ3) is 4.54. The number of rotatable bonds is 6. The highest BCUT2D eigenvalue weighted by Crippen LogP contribution is 2.19. The highest BCUT2D eigenvalue weighted by Gasteiger charge is 2.17. The van der Waals surface area contributed by atoms with Gasteiger partial charge in [0.25, 0.3) is 11.5 Å². The number of nitro benzene ring substituents is 1. The van der Waals surface area contributed by atoms with Crippen molar-refractivity contribution in [2.24, 2.45) is 5.73 Å². The molecule has 0 saturated carbocycles. The fourth-order valence-corrected chi connectivity index (χ4v) is 2.19. The van der Waals surface area contributed by atoms with Crippen molar-refractivity contribution in [1.29, 1.82) is 0 Å². The van der Waals surface area contributed by atoms with Crippen LogP contribution in [0.15, 0.2) is 42.5 Å². The first kappa shape index (κ1) is 17.9. The minimum atomic E-state index is -0.772. The number of aryl methyl sites for hydroxylation is 1. The van der Waals surface area contributed by atoms with E-state index in [1.807, 2.05) is 18.2 Å². The third-order valence-electron chi connectivity index (χ3n) is 3.49. The maximum atomic E-state index is 12.0. The van der Waals surface area contributed by atoms with Crippen molar-refractivity contribution in [2.75, 3.05) is 7.11 Å². The number of nitrogens with two attached hydrogens (primary N) is 1. The molecule has 2 rings (SSSR count). The lowest BCUT2D eigenvalue weighted by Gasteiger charge is -2.05. The first-order chi connectivity index (χ1) is 11.9. The van der Waals surface area contributed by atoms with Crippen LogP contribution in [0, 0.1) is 17.0 Å². The van der Waals surface area contributed by atoms with E-state index in [0.29, 0.717) is 11.3 Å². The van der Waals surface area contributed by atoms with Crippen molar-refractivity contribution in [1.82, 2.24) is 0 Å². The zero-order valence-electron chi connectivity index (χ0n) is 13.8. The summed E-state index contributed by atoms with van der Waals surface area (Å²) in [5, 5.41) is 13.3. The molecule has 0 fully saturated rings. The quantitative estimate of drug-likeness (QED) is 0.261. The van der Waals surface area contributed by atoms with Crippen LogP contribution in [0.3, 0.4) is 0 Å². The Balaban J connectivity index is 2.09. The minimum Gasteiger partial charge on any atom is -0.496 e. The second kappa shape index (κ2) is 7.91. The van der Waals surface area contributed by atoms with Gasteiger partial charge in [-0.15, -0.1) is 0 Å². The summed E-state index contributed by atoms with van der Waals surface area (Å²) in [5.74, 6) is 0.0817. The van der Waals surface area contributed by atoms with E-state index in [-0.39, 0.29) is 23.5 Å². The van der Waals surface area contributed by atoms with Crippen molar-refractivity contribution < 1.29 is 24.4 Å². The molecule has 0 aliphatic heterocycles. The molecule has 2 aromatic rings. The number of nitrogens with one attached hydrogen (secondary N) is 1. The van der Waals surface area contributed by atoms with Crippen LogP contribution in [0.2, 0.25) is 0 Å². The lowest BCUT2D eigenvalue weighted by atomic mass is 10.1. The number of carbonyl (C=O) groups is 1. The molecule has 2 aromatic carbocycles. The van der Waals surface area contributed by atoms with Gasteiger partial charge >= 0.3 is 5.97 Å². The number of para-hydroxylation sites is 1. The molecule has 8 nitrogen and oxygen atoms in total. The summed E-state index contributed by atoms with van der Waals surface area (Å²) >= 11 is 0. The van der Waals surface area contributed by atoms with Crippen molar-refractivity contribution in [2.45, 2.75) is 13.3 Å². The summed E-state index contributed by atoms with van der Waals surface area (Å²) in [6, 6.07) is 11.4. The average Bonchev–Trinajstić information content (AvgIpc) is 2.60. The maximum absolute atomic E-state index is 12.0. The van der Waals surface area contributed by atoms with E-state index in [1.54, 1.807) is 20.1 Å². The zero-order valence-corrected chi connectivity index (χ0v) is 13.8. The molecule has 0 aromatic heterocycles. The standard InChI is InChI=1S/C17H17N3O5/c1-11-7-8-13(9-14(11)20(22)23)17(21)25-19-16(18)10-12-5-3-4-6-15(12)24-2/h3-9H,10H2,1-2H3,(H2,18,19)/p+1. The average molecular weight is 344 g/mol. The topological polar surface area (TPSA) is 119 Å². The van der Waals surface area contributed by atoms with Gasteiger partial charge in [-0.25, -0.2) is 4.79 Å². The molecule has 0 amide bonds. The van der Waals surface area contributed by atoms with Crippen LogP contribution in [0.1, 0.15) is 21.5 Å². The van der Waals surface area contributed by atoms with Gasteiger partial charge in [0, 0.05) is 17.2 Å². The Hall–Kier alpha value is -3.42. The number of carbonyl (C=O) groups excluding carboxylic acids is 1. The maximum Gasteiger partial charge on any atom is 0.388 e. The molecule has 3 N–H and O–H groups in total. The third-order valence-corrected chi connectivity index (χ3v) is 3.49. The van der Waals surface area contributed by atoms with Gasteiger partial charge in [-0.2, -0.15) is 0 Å². The Kier molecular flexibility index (Phi) is 5.67. The van der Waals surface area contributed by atoms with E-state index in [0.717, 1.165) is 11.6 Å². The van der Waals surface area contributed by atoms with Crippen LogP contribution >= 0.6 is 0 Å². The zero-order chi connectivity index (χ0) is 18.4. The number of hydrogen-bond acceptors (Lipinski definition) is 5. The van der Waals surface area contributed by atoms with Gasteiger partial charge in [0.05, 0.1) is 24.0 Å². The predicted molar refractivity (Wildman–Crippen MR) is 90.1 cm³/mol. The van der Waals surface area contributed by atoms with Crippen molar-refractivity contribution in [3.63, 3.8) is 0 Å². The van der Waals surface area contributed by atoms with E-state index in [2.05, 4.69) is 5.16 Å². The molecular formula is C17H18N3O5+. The van der Waals surface area contributed by atoms with Gasteiger partial charge in [0.2, 0.25) is 0 Å². The normalized spacial score (nSPS) is 11.0. The van der Waals surface area contributed by atoms with Crippen LogP contribution in [-0.2, 0) is 11.3 Å². The van der Waals surface area contributed by atoms with Gasteiger partial charge < -0.3 is 4.74 Å². The smallest absolute Gasteiger partial charge is 0.388 e. The van der Waals surface area contributed by atoms with Gasteiger partial charge in [0.1, 0.15) is 5.75 Å². The number of hydrogen-bond donors (Lipinski definition) is 2. The molecule has 0 saturated heterocycles. The summed E-state index contributed by atoms with van der Waals surface area (Å²) in [7, 11) is 1.55. The van der Waals surface area contributed by atoms with Crippen LogP contribution < -0.4 is 15.6 Å². The number of methoxy groups -OCH3 is 1. The minimum absolute atomic E-state index is 0.0508. The second-order valence-corrected chi connectivity index (χ2v) is 5.26. The summed E-state index contributed by atoms with van der Waals surface area (Å²) in [6.07, 6.45) is 0.283. The summed E-state index contributed by atoms with van der Waals surface area (Å²) in [6.45, 7) is 1.59. The number of benzene rings is 2. The Bertz CT molecular complexity index is 833. The van der Waals surface area contributed by atoms with E-state index in [9.17, 15) is 14.9 Å². The number of nitro groups is 1. The van der Waals surface area contributed by atoms with Crippen LogP contribution in [0.4, 0.5) is 5.69 Å². The molecule has 0 atom stereocenters. The van der Waals surface area contributed by atoms with Crippen molar-refractivity contribution in [3.05, 3.63) is 69.3 Å². The number of ether oxygens (including phenoxy) is 1. The predicted octanol–water partition coefficient (Wildman–Crippen LogP) is 0.664. The van der Waals surface area contributed by atoms with Gasteiger partial charge in [0.15, 0.2) is 0 Å². The van der Waals surface area contributed by atoms with Crippen molar-refractivity contribution in [3.8, 4) is 5.75 Å². The first-order valence-electron chi connectivity index (χ1n) is 7.37.